The Labute approximate surface area is 145 Å². The van der Waals surface area contributed by atoms with Gasteiger partial charge in [0.05, 0.1) is 19.2 Å². The van der Waals surface area contributed by atoms with Crippen LogP contribution in [-0.4, -0.2) is 18.2 Å². The van der Waals surface area contributed by atoms with E-state index in [-0.39, 0.29) is 5.56 Å². The number of ether oxygens (including phenoxy) is 1. The minimum atomic E-state index is -0.936. The molecule has 0 unspecified atom stereocenters. The third-order valence-corrected chi connectivity index (χ3v) is 3.87. The Balaban J connectivity index is 1.56. The Bertz CT molecular complexity index is 835. The minimum Gasteiger partial charge on any atom is -0.497 e. The largest absolute Gasteiger partial charge is 0.497 e. The van der Waals surface area contributed by atoms with Crippen molar-refractivity contribution in [2.75, 3.05) is 7.11 Å². The van der Waals surface area contributed by atoms with E-state index in [1.165, 1.54) is 0 Å². The molecule has 5 heteroatoms. The molecule has 1 heterocycles. The van der Waals surface area contributed by atoms with Crippen LogP contribution in [-0.2, 0) is 13.1 Å². The molecular weight excluding hydrogens is 318 g/mol. The van der Waals surface area contributed by atoms with Crippen LogP contribution >= 0.6 is 0 Å². The molecule has 2 aromatic carbocycles. The molecule has 0 aliphatic heterocycles. The zero-order valence-corrected chi connectivity index (χ0v) is 13.9. The first-order valence-electron chi connectivity index (χ1n) is 7.92. The molecule has 2 N–H and O–H groups in total. The molecule has 5 nitrogen and oxygen atoms in total. The molecular formula is C20H19NO4. The molecule has 0 aliphatic carbocycles. The maximum Gasteiger partial charge on any atom is 0.335 e. The zero-order chi connectivity index (χ0) is 17.6. The molecule has 0 bridgehead atoms. The molecule has 3 aromatic rings. The van der Waals surface area contributed by atoms with E-state index in [0.717, 1.165) is 34.9 Å². The van der Waals surface area contributed by atoms with Gasteiger partial charge in [0, 0.05) is 12.1 Å². The number of carbonyl (C=O) groups is 1. The number of carboxylic acids is 1. The quantitative estimate of drug-likeness (QED) is 0.683. The van der Waals surface area contributed by atoms with E-state index >= 15 is 0 Å². The molecule has 0 aliphatic rings. The number of rotatable bonds is 7. The number of aromatic carboxylic acids is 1. The Hall–Kier alpha value is -3.05. The van der Waals surface area contributed by atoms with Gasteiger partial charge in [-0.2, -0.15) is 0 Å². The van der Waals surface area contributed by atoms with E-state index < -0.39 is 5.97 Å². The van der Waals surface area contributed by atoms with E-state index in [2.05, 4.69) is 5.32 Å². The van der Waals surface area contributed by atoms with Crippen LogP contribution in [0.2, 0.25) is 0 Å². The van der Waals surface area contributed by atoms with Crippen molar-refractivity contribution in [2.24, 2.45) is 0 Å². The maximum atomic E-state index is 10.9. The lowest BCUT2D eigenvalue weighted by Gasteiger charge is -2.05. The third kappa shape index (κ3) is 4.28. The highest BCUT2D eigenvalue weighted by molar-refractivity contribution is 5.88. The first kappa shape index (κ1) is 16.8. The molecule has 0 radical (unpaired) electrons. The molecule has 0 atom stereocenters. The van der Waals surface area contributed by atoms with Crippen molar-refractivity contribution < 1.29 is 19.1 Å². The SMILES string of the molecule is COc1ccc(CNCc2ccc(-c3ccc(C(=O)O)cc3)o2)cc1. The summed E-state index contributed by atoms with van der Waals surface area (Å²) in [4.78, 5) is 10.9. The normalized spacial score (nSPS) is 10.6. The summed E-state index contributed by atoms with van der Waals surface area (Å²) in [5.41, 5.74) is 2.28. The number of benzene rings is 2. The second-order valence-corrected chi connectivity index (χ2v) is 5.60. The smallest absolute Gasteiger partial charge is 0.335 e. The first-order valence-corrected chi connectivity index (χ1v) is 7.92. The summed E-state index contributed by atoms with van der Waals surface area (Å²) in [5.74, 6) is 1.45. The molecule has 3 rings (SSSR count). The molecule has 0 amide bonds. The second-order valence-electron chi connectivity index (χ2n) is 5.60. The van der Waals surface area contributed by atoms with Gasteiger partial charge in [0.25, 0.3) is 0 Å². The van der Waals surface area contributed by atoms with Crippen molar-refractivity contribution in [3.8, 4) is 17.1 Å². The first-order chi connectivity index (χ1) is 12.2. The van der Waals surface area contributed by atoms with Crippen LogP contribution in [0.3, 0.4) is 0 Å². The van der Waals surface area contributed by atoms with E-state index in [9.17, 15) is 4.79 Å². The molecule has 128 valence electrons. The van der Waals surface area contributed by atoms with Crippen molar-refractivity contribution in [1.82, 2.24) is 5.32 Å². The van der Waals surface area contributed by atoms with Gasteiger partial charge in [-0.05, 0) is 42.0 Å². The van der Waals surface area contributed by atoms with Gasteiger partial charge in [0.1, 0.15) is 17.3 Å². The minimum absolute atomic E-state index is 0.261. The van der Waals surface area contributed by atoms with Gasteiger partial charge in [-0.1, -0.05) is 24.3 Å². The number of nitrogens with one attached hydrogen (secondary N) is 1. The Kier molecular flexibility index (Phi) is 5.16. The van der Waals surface area contributed by atoms with Crippen molar-refractivity contribution in [3.05, 3.63) is 77.6 Å². The average molecular weight is 337 g/mol. The molecule has 0 saturated carbocycles. The topological polar surface area (TPSA) is 71.7 Å². The fourth-order valence-corrected chi connectivity index (χ4v) is 2.48. The summed E-state index contributed by atoms with van der Waals surface area (Å²) >= 11 is 0. The van der Waals surface area contributed by atoms with Gasteiger partial charge in [-0.15, -0.1) is 0 Å². The Morgan fingerprint density at radius 2 is 1.72 bits per heavy atom. The molecule has 0 saturated heterocycles. The summed E-state index contributed by atoms with van der Waals surface area (Å²) in [6, 6.07) is 18.3. The molecule has 1 aromatic heterocycles. The molecule has 25 heavy (non-hydrogen) atoms. The van der Waals surface area contributed by atoms with Gasteiger partial charge < -0.3 is 19.6 Å². The number of hydrogen-bond acceptors (Lipinski definition) is 4. The van der Waals surface area contributed by atoms with Crippen molar-refractivity contribution in [2.45, 2.75) is 13.1 Å². The van der Waals surface area contributed by atoms with Gasteiger partial charge >= 0.3 is 5.97 Å². The molecule has 0 fully saturated rings. The number of carboxylic acid groups (broad SMARTS) is 1. The van der Waals surface area contributed by atoms with E-state index in [4.69, 9.17) is 14.3 Å². The van der Waals surface area contributed by atoms with E-state index in [1.807, 2.05) is 36.4 Å². The summed E-state index contributed by atoms with van der Waals surface area (Å²) in [6.45, 7) is 1.34. The third-order valence-electron chi connectivity index (χ3n) is 3.87. The lowest BCUT2D eigenvalue weighted by atomic mass is 10.1. The summed E-state index contributed by atoms with van der Waals surface area (Å²) < 4.78 is 11.0. The summed E-state index contributed by atoms with van der Waals surface area (Å²) in [7, 11) is 1.65. The lowest BCUT2D eigenvalue weighted by molar-refractivity contribution is 0.0697. The standard InChI is InChI=1S/C20H19NO4/c1-24-17-8-2-14(3-9-17)12-21-13-18-10-11-19(25-18)15-4-6-16(7-5-15)20(22)23/h2-11,21H,12-13H2,1H3,(H,22,23). The van der Waals surface area contributed by atoms with Crippen molar-refractivity contribution in [1.29, 1.82) is 0 Å². The second kappa shape index (κ2) is 7.68. The highest BCUT2D eigenvalue weighted by Crippen LogP contribution is 2.22. The van der Waals surface area contributed by atoms with Crippen LogP contribution in [0.4, 0.5) is 0 Å². The van der Waals surface area contributed by atoms with Gasteiger partial charge in [-0.25, -0.2) is 4.79 Å². The van der Waals surface area contributed by atoms with Crippen LogP contribution in [0, 0.1) is 0 Å². The van der Waals surface area contributed by atoms with Crippen molar-refractivity contribution in [3.63, 3.8) is 0 Å². The van der Waals surface area contributed by atoms with Gasteiger partial charge in [-0.3, -0.25) is 0 Å². The molecule has 0 spiro atoms. The van der Waals surface area contributed by atoms with Crippen LogP contribution in [0.5, 0.6) is 5.75 Å². The zero-order valence-electron chi connectivity index (χ0n) is 13.9. The number of furan rings is 1. The number of hydrogen-bond donors (Lipinski definition) is 2. The lowest BCUT2D eigenvalue weighted by Crippen LogP contribution is -2.11. The van der Waals surface area contributed by atoms with Crippen LogP contribution < -0.4 is 10.1 Å². The van der Waals surface area contributed by atoms with Gasteiger partial charge in [0.2, 0.25) is 0 Å². The van der Waals surface area contributed by atoms with Crippen LogP contribution in [0.15, 0.2) is 65.1 Å². The fraction of sp³-hybridized carbons (Fsp3) is 0.150. The van der Waals surface area contributed by atoms with E-state index in [0.29, 0.717) is 6.54 Å². The van der Waals surface area contributed by atoms with Crippen LogP contribution in [0.25, 0.3) is 11.3 Å². The summed E-state index contributed by atoms with van der Waals surface area (Å²) in [6.07, 6.45) is 0. The highest BCUT2D eigenvalue weighted by Gasteiger charge is 2.07. The van der Waals surface area contributed by atoms with E-state index in [1.54, 1.807) is 31.4 Å². The predicted octanol–water partition coefficient (Wildman–Crippen LogP) is 3.94. The Morgan fingerprint density at radius 1 is 1.00 bits per heavy atom. The maximum absolute atomic E-state index is 10.9. The van der Waals surface area contributed by atoms with Crippen molar-refractivity contribution >= 4 is 5.97 Å². The van der Waals surface area contributed by atoms with Gasteiger partial charge in [0.15, 0.2) is 0 Å². The van der Waals surface area contributed by atoms with Crippen LogP contribution in [0.1, 0.15) is 21.7 Å². The monoisotopic (exact) mass is 337 g/mol. The fourth-order valence-electron chi connectivity index (χ4n) is 2.48. The summed E-state index contributed by atoms with van der Waals surface area (Å²) in [5, 5.41) is 12.3. The Morgan fingerprint density at radius 3 is 2.36 bits per heavy atom. The average Bonchev–Trinajstić information content (AvgIpc) is 3.11. The number of methoxy groups -OCH3 is 1. The predicted molar refractivity (Wildman–Crippen MR) is 94.6 cm³/mol. The highest BCUT2D eigenvalue weighted by atomic mass is 16.5.